The lowest BCUT2D eigenvalue weighted by Gasteiger charge is -2.06. The number of benzene rings is 1. The monoisotopic (exact) mass is 337 g/mol. The number of furan rings is 1. The van der Waals surface area contributed by atoms with Crippen molar-refractivity contribution in [1.29, 1.82) is 0 Å². The molecule has 2 rings (SSSR count). The van der Waals surface area contributed by atoms with Gasteiger partial charge in [0.05, 0.1) is 13.4 Å². The number of fused-ring (bicyclic) bond motifs is 1. The average Bonchev–Trinajstić information content (AvgIpc) is 2.95. The fourth-order valence-corrected chi connectivity index (χ4v) is 3.09. The molecular formula is C16H19NO3S2. The number of nitrogens with one attached hydrogen (secondary N) is 1. The van der Waals surface area contributed by atoms with Crippen LogP contribution in [0.5, 0.6) is 0 Å². The molecule has 0 saturated heterocycles. The minimum atomic E-state index is -0.175. The Balaban J connectivity index is 1.66. The SMILES string of the molecule is COC(=O)CCCSC(=S)NCCc1coc2ccccc12. The van der Waals surface area contributed by atoms with E-state index < -0.39 is 0 Å². The molecule has 118 valence electrons. The van der Waals surface area contributed by atoms with Gasteiger partial charge in [-0.05, 0) is 24.5 Å². The second-order valence-corrected chi connectivity index (χ2v) is 6.52. The molecule has 0 aliphatic rings. The molecule has 0 radical (unpaired) electrons. The number of rotatable bonds is 7. The molecule has 6 heteroatoms. The van der Waals surface area contributed by atoms with Crippen LogP contribution in [0.4, 0.5) is 0 Å². The summed E-state index contributed by atoms with van der Waals surface area (Å²) in [5, 5.41) is 4.38. The normalized spacial score (nSPS) is 10.6. The van der Waals surface area contributed by atoms with Gasteiger partial charge in [0.2, 0.25) is 0 Å². The molecule has 1 heterocycles. The fourth-order valence-electron chi connectivity index (χ4n) is 2.06. The summed E-state index contributed by atoms with van der Waals surface area (Å²) in [6.07, 6.45) is 3.87. The number of methoxy groups -OCH3 is 1. The van der Waals surface area contributed by atoms with E-state index in [-0.39, 0.29) is 5.97 Å². The van der Waals surface area contributed by atoms with Gasteiger partial charge in [0.1, 0.15) is 9.90 Å². The van der Waals surface area contributed by atoms with Crippen molar-refractivity contribution in [1.82, 2.24) is 5.32 Å². The highest BCUT2D eigenvalue weighted by Gasteiger charge is 2.05. The summed E-state index contributed by atoms with van der Waals surface area (Å²) in [7, 11) is 1.40. The number of para-hydroxylation sites is 1. The lowest BCUT2D eigenvalue weighted by Crippen LogP contribution is -2.21. The first-order valence-corrected chi connectivity index (χ1v) is 8.52. The van der Waals surface area contributed by atoms with Gasteiger partial charge in [0.25, 0.3) is 0 Å². The van der Waals surface area contributed by atoms with E-state index >= 15 is 0 Å². The quantitative estimate of drug-likeness (QED) is 0.474. The number of thiocarbonyl (C=S) groups is 1. The molecule has 0 saturated carbocycles. The minimum absolute atomic E-state index is 0.175. The van der Waals surface area contributed by atoms with Crippen molar-refractivity contribution in [3.63, 3.8) is 0 Å². The molecule has 0 spiro atoms. The van der Waals surface area contributed by atoms with Crippen molar-refractivity contribution in [2.45, 2.75) is 19.3 Å². The Morgan fingerprint density at radius 1 is 1.41 bits per heavy atom. The highest BCUT2D eigenvalue weighted by atomic mass is 32.2. The van der Waals surface area contributed by atoms with Crippen molar-refractivity contribution >= 4 is 45.2 Å². The van der Waals surface area contributed by atoms with Gasteiger partial charge in [-0.2, -0.15) is 0 Å². The fraction of sp³-hybridized carbons (Fsp3) is 0.375. The van der Waals surface area contributed by atoms with Gasteiger partial charge in [-0.15, -0.1) is 0 Å². The second-order valence-electron chi connectivity index (χ2n) is 4.75. The van der Waals surface area contributed by atoms with E-state index in [0.717, 1.165) is 40.4 Å². The lowest BCUT2D eigenvalue weighted by atomic mass is 10.1. The van der Waals surface area contributed by atoms with Crippen molar-refractivity contribution in [2.75, 3.05) is 19.4 Å². The predicted octanol–water partition coefficient (Wildman–Crippen LogP) is 3.54. The Morgan fingerprint density at radius 2 is 2.23 bits per heavy atom. The van der Waals surface area contributed by atoms with E-state index in [0.29, 0.717) is 6.42 Å². The van der Waals surface area contributed by atoms with Crippen LogP contribution in [0, 0.1) is 0 Å². The van der Waals surface area contributed by atoms with E-state index in [1.165, 1.54) is 12.7 Å². The second kappa shape index (κ2) is 8.80. The standard InChI is InChI=1S/C16H19NO3S2/c1-19-15(18)7-4-10-22-16(21)17-9-8-12-11-20-14-6-3-2-5-13(12)14/h2-3,5-6,11H,4,7-10H2,1H3,(H,17,21). The molecule has 0 aliphatic carbocycles. The summed E-state index contributed by atoms with van der Waals surface area (Å²) in [4.78, 5) is 11.0. The maximum atomic E-state index is 11.0. The summed E-state index contributed by atoms with van der Waals surface area (Å²) in [5.41, 5.74) is 2.10. The van der Waals surface area contributed by atoms with Crippen LogP contribution in [-0.2, 0) is 16.0 Å². The van der Waals surface area contributed by atoms with Crippen LogP contribution in [0.2, 0.25) is 0 Å². The minimum Gasteiger partial charge on any atom is -0.469 e. The zero-order chi connectivity index (χ0) is 15.8. The number of hydrogen-bond acceptors (Lipinski definition) is 5. The van der Waals surface area contributed by atoms with Crippen LogP contribution in [0.1, 0.15) is 18.4 Å². The molecule has 0 bridgehead atoms. The van der Waals surface area contributed by atoms with Crippen molar-refractivity contribution in [2.24, 2.45) is 0 Å². The van der Waals surface area contributed by atoms with E-state index in [1.54, 1.807) is 18.0 Å². The third-order valence-corrected chi connectivity index (χ3v) is 4.61. The summed E-state index contributed by atoms with van der Waals surface area (Å²) in [6.45, 7) is 0.770. The molecule has 4 nitrogen and oxygen atoms in total. The molecule has 0 aliphatic heterocycles. The highest BCUT2D eigenvalue weighted by Crippen LogP contribution is 2.20. The van der Waals surface area contributed by atoms with Gasteiger partial charge in [0.15, 0.2) is 0 Å². The average molecular weight is 337 g/mol. The van der Waals surface area contributed by atoms with Crippen LogP contribution in [-0.4, -0.2) is 29.7 Å². The van der Waals surface area contributed by atoms with Crippen LogP contribution in [0.25, 0.3) is 11.0 Å². The Hall–Kier alpha value is -1.53. The van der Waals surface area contributed by atoms with Crippen molar-refractivity contribution < 1.29 is 13.9 Å². The Labute approximate surface area is 139 Å². The lowest BCUT2D eigenvalue weighted by molar-refractivity contribution is -0.140. The Morgan fingerprint density at radius 3 is 3.05 bits per heavy atom. The summed E-state index contributed by atoms with van der Waals surface area (Å²) < 4.78 is 10.9. The first-order chi connectivity index (χ1) is 10.7. The zero-order valence-electron chi connectivity index (χ0n) is 12.5. The maximum Gasteiger partial charge on any atom is 0.305 e. The number of ether oxygens (including phenoxy) is 1. The molecule has 0 amide bonds. The van der Waals surface area contributed by atoms with Gasteiger partial charge in [-0.25, -0.2) is 0 Å². The number of thioether (sulfide) groups is 1. The Bertz CT molecular complexity index is 639. The van der Waals surface area contributed by atoms with Gasteiger partial charge in [-0.1, -0.05) is 42.2 Å². The molecule has 2 aromatic rings. The molecule has 1 N–H and O–H groups in total. The van der Waals surface area contributed by atoms with E-state index in [4.69, 9.17) is 16.6 Å². The van der Waals surface area contributed by atoms with Crippen LogP contribution in [0.3, 0.4) is 0 Å². The smallest absolute Gasteiger partial charge is 0.305 e. The number of esters is 1. The molecule has 0 unspecified atom stereocenters. The number of carbonyl (C=O) groups excluding carboxylic acids is 1. The third kappa shape index (κ3) is 5.03. The van der Waals surface area contributed by atoms with Crippen LogP contribution in [0.15, 0.2) is 34.9 Å². The van der Waals surface area contributed by atoms with Crippen molar-refractivity contribution in [3.8, 4) is 0 Å². The molecule has 1 aromatic carbocycles. The third-order valence-electron chi connectivity index (χ3n) is 3.21. The van der Waals surface area contributed by atoms with Gasteiger partial charge < -0.3 is 14.5 Å². The molecule has 1 aromatic heterocycles. The predicted molar refractivity (Wildman–Crippen MR) is 94.2 cm³/mol. The van der Waals surface area contributed by atoms with E-state index in [2.05, 4.69) is 16.1 Å². The van der Waals surface area contributed by atoms with Crippen LogP contribution >= 0.6 is 24.0 Å². The highest BCUT2D eigenvalue weighted by molar-refractivity contribution is 8.22. The van der Waals surface area contributed by atoms with Crippen molar-refractivity contribution in [3.05, 3.63) is 36.1 Å². The van der Waals surface area contributed by atoms with Crippen LogP contribution < -0.4 is 5.32 Å². The van der Waals surface area contributed by atoms with E-state index in [1.807, 2.05) is 18.2 Å². The summed E-state index contributed by atoms with van der Waals surface area (Å²) in [5.74, 6) is 0.640. The van der Waals surface area contributed by atoms with Gasteiger partial charge in [-0.3, -0.25) is 4.79 Å². The first-order valence-electron chi connectivity index (χ1n) is 7.13. The number of hydrogen-bond donors (Lipinski definition) is 1. The largest absolute Gasteiger partial charge is 0.469 e. The Kier molecular flexibility index (Phi) is 6.74. The molecule has 0 atom stereocenters. The summed E-state index contributed by atoms with van der Waals surface area (Å²) in [6, 6.07) is 8.01. The van der Waals surface area contributed by atoms with E-state index in [9.17, 15) is 4.79 Å². The topological polar surface area (TPSA) is 51.5 Å². The molecule has 22 heavy (non-hydrogen) atoms. The maximum absolute atomic E-state index is 11.0. The summed E-state index contributed by atoms with van der Waals surface area (Å²) >= 11 is 6.82. The van der Waals surface area contributed by atoms with Gasteiger partial charge in [0, 0.05) is 24.1 Å². The molecule has 0 fully saturated rings. The van der Waals surface area contributed by atoms with Gasteiger partial charge >= 0.3 is 5.97 Å². The first kappa shape index (κ1) is 16.8. The number of carbonyl (C=O) groups is 1. The molecular weight excluding hydrogens is 318 g/mol. The zero-order valence-corrected chi connectivity index (χ0v) is 14.1.